The minimum atomic E-state index is -0.117. The SMILES string of the molecule is CCCNCc1csc(-c2ccc(O)c(O)c2)n1. The lowest BCUT2D eigenvalue weighted by Crippen LogP contribution is -2.13. The normalized spacial score (nSPS) is 10.7. The maximum Gasteiger partial charge on any atom is 0.158 e. The molecule has 0 fully saturated rings. The average Bonchev–Trinajstić information content (AvgIpc) is 2.82. The first-order valence-corrected chi connectivity index (χ1v) is 6.76. The van der Waals surface area contributed by atoms with Gasteiger partial charge < -0.3 is 15.5 Å². The molecule has 2 aromatic rings. The van der Waals surface area contributed by atoms with Crippen LogP contribution in [0.3, 0.4) is 0 Å². The summed E-state index contributed by atoms with van der Waals surface area (Å²) in [5.41, 5.74) is 1.81. The summed E-state index contributed by atoms with van der Waals surface area (Å²) < 4.78 is 0. The third-order valence-corrected chi connectivity index (χ3v) is 3.45. The van der Waals surface area contributed by atoms with Crippen LogP contribution < -0.4 is 5.32 Å². The summed E-state index contributed by atoms with van der Waals surface area (Å²) in [5, 5.41) is 24.9. The minimum absolute atomic E-state index is 0.111. The Morgan fingerprint density at radius 2 is 2.11 bits per heavy atom. The first-order chi connectivity index (χ1) is 8.70. The fourth-order valence-corrected chi connectivity index (χ4v) is 2.39. The highest BCUT2D eigenvalue weighted by atomic mass is 32.1. The van der Waals surface area contributed by atoms with Crippen LogP contribution in [0.4, 0.5) is 0 Å². The van der Waals surface area contributed by atoms with E-state index in [0.717, 1.165) is 35.8 Å². The van der Waals surface area contributed by atoms with Crippen molar-refractivity contribution in [2.24, 2.45) is 0 Å². The van der Waals surface area contributed by atoms with Gasteiger partial charge in [-0.3, -0.25) is 0 Å². The second-order valence-corrected chi connectivity index (χ2v) is 4.88. The first kappa shape index (κ1) is 12.9. The Labute approximate surface area is 110 Å². The quantitative estimate of drug-likeness (QED) is 0.574. The summed E-state index contributed by atoms with van der Waals surface area (Å²) in [7, 11) is 0. The summed E-state index contributed by atoms with van der Waals surface area (Å²) in [6, 6.07) is 4.75. The van der Waals surface area contributed by atoms with Crippen LogP contribution in [0.2, 0.25) is 0 Å². The van der Waals surface area contributed by atoms with E-state index in [1.54, 1.807) is 6.07 Å². The molecule has 0 aliphatic heterocycles. The van der Waals surface area contributed by atoms with Crippen LogP contribution in [0, 0.1) is 0 Å². The van der Waals surface area contributed by atoms with Gasteiger partial charge in [0.15, 0.2) is 11.5 Å². The zero-order valence-electron chi connectivity index (χ0n) is 10.2. The maximum atomic E-state index is 9.46. The largest absolute Gasteiger partial charge is 0.504 e. The molecule has 3 N–H and O–H groups in total. The molecule has 0 aliphatic rings. The van der Waals surface area contributed by atoms with Crippen molar-refractivity contribution in [3.8, 4) is 22.1 Å². The van der Waals surface area contributed by atoms with E-state index < -0.39 is 0 Å². The molecule has 0 atom stereocenters. The molecule has 18 heavy (non-hydrogen) atoms. The molecule has 96 valence electrons. The zero-order chi connectivity index (χ0) is 13.0. The molecule has 1 aromatic heterocycles. The van der Waals surface area contributed by atoms with Crippen molar-refractivity contribution < 1.29 is 10.2 Å². The number of rotatable bonds is 5. The van der Waals surface area contributed by atoms with Gasteiger partial charge in [-0.15, -0.1) is 11.3 Å². The van der Waals surface area contributed by atoms with Gasteiger partial charge in [-0.25, -0.2) is 4.98 Å². The van der Waals surface area contributed by atoms with E-state index in [4.69, 9.17) is 0 Å². The number of thiazole rings is 1. The molecule has 2 rings (SSSR count). The van der Waals surface area contributed by atoms with Crippen LogP contribution in [-0.2, 0) is 6.54 Å². The molecule has 0 aliphatic carbocycles. The van der Waals surface area contributed by atoms with Crippen LogP contribution >= 0.6 is 11.3 Å². The van der Waals surface area contributed by atoms with Crippen molar-refractivity contribution in [2.45, 2.75) is 19.9 Å². The lowest BCUT2D eigenvalue weighted by molar-refractivity contribution is 0.404. The third kappa shape index (κ3) is 3.00. The Morgan fingerprint density at radius 1 is 1.28 bits per heavy atom. The number of phenolic OH excluding ortho intramolecular Hbond substituents is 2. The molecule has 0 saturated heterocycles. The minimum Gasteiger partial charge on any atom is -0.504 e. The molecule has 1 aromatic carbocycles. The topological polar surface area (TPSA) is 65.4 Å². The second kappa shape index (κ2) is 5.84. The van der Waals surface area contributed by atoms with E-state index in [9.17, 15) is 10.2 Å². The lowest BCUT2D eigenvalue weighted by atomic mass is 10.2. The number of hydrogen-bond acceptors (Lipinski definition) is 5. The number of nitrogens with zero attached hydrogens (tertiary/aromatic N) is 1. The van der Waals surface area contributed by atoms with E-state index in [1.165, 1.54) is 23.5 Å². The van der Waals surface area contributed by atoms with E-state index >= 15 is 0 Å². The highest BCUT2D eigenvalue weighted by Gasteiger charge is 2.07. The van der Waals surface area contributed by atoms with Crippen molar-refractivity contribution in [3.05, 3.63) is 29.3 Å². The van der Waals surface area contributed by atoms with Crippen molar-refractivity contribution in [1.82, 2.24) is 10.3 Å². The van der Waals surface area contributed by atoms with Gasteiger partial charge >= 0.3 is 0 Å². The summed E-state index contributed by atoms with van der Waals surface area (Å²) >= 11 is 1.53. The molecule has 0 radical (unpaired) electrons. The average molecular weight is 264 g/mol. The van der Waals surface area contributed by atoms with Gasteiger partial charge in [-0.05, 0) is 31.2 Å². The second-order valence-electron chi connectivity index (χ2n) is 4.02. The van der Waals surface area contributed by atoms with Crippen LogP contribution in [0.15, 0.2) is 23.6 Å². The molecule has 0 unspecified atom stereocenters. The predicted molar refractivity (Wildman–Crippen MR) is 72.9 cm³/mol. The number of aromatic hydroxyl groups is 2. The molecular weight excluding hydrogens is 248 g/mol. The van der Waals surface area contributed by atoms with Crippen molar-refractivity contribution in [1.29, 1.82) is 0 Å². The van der Waals surface area contributed by atoms with Gasteiger partial charge in [-0.1, -0.05) is 6.92 Å². The van der Waals surface area contributed by atoms with E-state index in [0.29, 0.717) is 0 Å². The van der Waals surface area contributed by atoms with Gasteiger partial charge in [-0.2, -0.15) is 0 Å². The number of nitrogens with one attached hydrogen (secondary N) is 1. The fourth-order valence-electron chi connectivity index (χ4n) is 1.57. The number of benzene rings is 1. The smallest absolute Gasteiger partial charge is 0.158 e. The summed E-state index contributed by atoms with van der Waals surface area (Å²) in [5.74, 6) is -0.228. The fraction of sp³-hybridized carbons (Fsp3) is 0.308. The van der Waals surface area contributed by atoms with Gasteiger partial charge in [0.2, 0.25) is 0 Å². The van der Waals surface area contributed by atoms with Crippen LogP contribution in [0.5, 0.6) is 11.5 Å². The Kier molecular flexibility index (Phi) is 4.17. The summed E-state index contributed by atoms with van der Waals surface area (Å²) in [6.07, 6.45) is 1.10. The highest BCUT2D eigenvalue weighted by molar-refractivity contribution is 7.13. The molecule has 1 heterocycles. The molecule has 5 heteroatoms. The molecule has 0 saturated carbocycles. The van der Waals surface area contributed by atoms with Crippen LogP contribution in [-0.4, -0.2) is 21.7 Å². The standard InChI is InChI=1S/C13H16N2O2S/c1-2-5-14-7-10-8-18-13(15-10)9-3-4-11(16)12(17)6-9/h3-4,6,8,14,16-17H,2,5,7H2,1H3. The molecule has 0 amide bonds. The molecule has 0 bridgehead atoms. The van der Waals surface area contributed by atoms with E-state index in [2.05, 4.69) is 17.2 Å². The van der Waals surface area contributed by atoms with E-state index in [-0.39, 0.29) is 11.5 Å². The molecule has 0 spiro atoms. The van der Waals surface area contributed by atoms with Crippen LogP contribution in [0.1, 0.15) is 19.0 Å². The Hall–Kier alpha value is -1.59. The monoisotopic (exact) mass is 264 g/mol. The van der Waals surface area contributed by atoms with Gasteiger partial charge in [0.1, 0.15) is 5.01 Å². The first-order valence-electron chi connectivity index (χ1n) is 5.88. The van der Waals surface area contributed by atoms with Crippen molar-refractivity contribution >= 4 is 11.3 Å². The summed E-state index contributed by atoms with van der Waals surface area (Å²) in [4.78, 5) is 4.49. The number of aromatic nitrogens is 1. The van der Waals surface area contributed by atoms with Crippen molar-refractivity contribution in [3.63, 3.8) is 0 Å². The predicted octanol–water partition coefficient (Wildman–Crippen LogP) is 2.72. The number of hydrogen-bond donors (Lipinski definition) is 3. The van der Waals surface area contributed by atoms with Gasteiger partial charge in [0.25, 0.3) is 0 Å². The number of phenols is 2. The Morgan fingerprint density at radius 3 is 2.83 bits per heavy atom. The molecular formula is C13H16N2O2S. The van der Waals surface area contributed by atoms with Crippen molar-refractivity contribution in [2.75, 3.05) is 6.54 Å². The lowest BCUT2D eigenvalue weighted by Gasteiger charge is -2.00. The zero-order valence-corrected chi connectivity index (χ0v) is 11.0. The Balaban J connectivity index is 2.11. The molecule has 4 nitrogen and oxygen atoms in total. The van der Waals surface area contributed by atoms with Crippen LogP contribution in [0.25, 0.3) is 10.6 Å². The maximum absolute atomic E-state index is 9.46. The highest BCUT2D eigenvalue weighted by Crippen LogP contribution is 2.31. The summed E-state index contributed by atoms with van der Waals surface area (Å²) in [6.45, 7) is 3.86. The van der Waals surface area contributed by atoms with Gasteiger partial charge in [0.05, 0.1) is 5.69 Å². The van der Waals surface area contributed by atoms with Gasteiger partial charge in [0, 0.05) is 17.5 Å². The van der Waals surface area contributed by atoms with E-state index in [1.807, 2.05) is 5.38 Å². The third-order valence-electron chi connectivity index (χ3n) is 2.51. The Bertz CT molecular complexity index is 525.